The lowest BCUT2D eigenvalue weighted by atomic mass is 9.86. The fourth-order valence-corrected chi connectivity index (χ4v) is 3.76. The highest BCUT2D eigenvalue weighted by atomic mass is 16.2. The van der Waals surface area contributed by atoms with E-state index in [1.165, 1.54) is 0 Å². The average molecular weight is 344 g/mol. The maximum atomic E-state index is 12.9. The monoisotopic (exact) mass is 344 g/mol. The summed E-state index contributed by atoms with van der Waals surface area (Å²) in [6, 6.07) is 10.6. The summed E-state index contributed by atoms with van der Waals surface area (Å²) in [4.78, 5) is 23.6. The van der Waals surface area contributed by atoms with Crippen LogP contribution in [0.3, 0.4) is 0 Å². The molecule has 5 heteroatoms. The number of benzene rings is 1. The first-order valence-corrected chi connectivity index (χ1v) is 8.98. The third kappa shape index (κ3) is 2.20. The van der Waals surface area contributed by atoms with E-state index in [1.807, 2.05) is 47.8 Å². The summed E-state index contributed by atoms with van der Waals surface area (Å²) in [5, 5.41) is 0. The van der Waals surface area contributed by atoms with Crippen molar-refractivity contribution in [2.45, 2.75) is 38.1 Å². The lowest BCUT2D eigenvalue weighted by Crippen LogP contribution is -2.37. The van der Waals surface area contributed by atoms with Gasteiger partial charge in [-0.15, -0.1) is 0 Å². The number of hydrogen-bond acceptors (Lipinski definition) is 3. The van der Waals surface area contributed by atoms with E-state index in [9.17, 15) is 4.79 Å². The van der Waals surface area contributed by atoms with Crippen LogP contribution in [0, 0.1) is 0 Å². The van der Waals surface area contributed by atoms with Gasteiger partial charge in [-0.2, -0.15) is 0 Å². The van der Waals surface area contributed by atoms with Crippen molar-refractivity contribution in [3.63, 3.8) is 0 Å². The minimum atomic E-state index is -0.453. The second-order valence-corrected chi connectivity index (χ2v) is 7.64. The lowest BCUT2D eigenvalue weighted by Gasteiger charge is -2.19. The molecule has 1 saturated carbocycles. The summed E-state index contributed by atoms with van der Waals surface area (Å²) >= 11 is 0. The van der Waals surface area contributed by atoms with Gasteiger partial charge >= 0.3 is 0 Å². The van der Waals surface area contributed by atoms with E-state index in [2.05, 4.69) is 28.2 Å². The third-order valence-corrected chi connectivity index (χ3v) is 5.42. The molecule has 2 aromatic heterocycles. The van der Waals surface area contributed by atoms with Crippen molar-refractivity contribution in [3.8, 4) is 16.9 Å². The Morgan fingerprint density at radius 2 is 2.04 bits per heavy atom. The molecule has 0 N–H and O–H groups in total. The molecule has 0 unspecified atom stereocenters. The van der Waals surface area contributed by atoms with Gasteiger partial charge in [0.1, 0.15) is 0 Å². The van der Waals surface area contributed by atoms with Gasteiger partial charge in [-0.25, -0.2) is 4.98 Å². The summed E-state index contributed by atoms with van der Waals surface area (Å²) in [6.45, 7) is 4.04. The van der Waals surface area contributed by atoms with Crippen LogP contribution in [0.4, 0.5) is 5.69 Å². The number of pyridine rings is 1. The first-order chi connectivity index (χ1) is 12.6. The lowest BCUT2D eigenvalue weighted by molar-refractivity contribution is -0.122. The molecule has 0 saturated heterocycles. The highest BCUT2D eigenvalue weighted by molar-refractivity contribution is 6.08. The Labute approximate surface area is 152 Å². The molecule has 0 radical (unpaired) electrons. The smallest absolute Gasteiger partial charge is 0.237 e. The van der Waals surface area contributed by atoms with Gasteiger partial charge in [-0.05, 0) is 50.5 Å². The predicted octanol–water partition coefficient (Wildman–Crippen LogP) is 3.72. The van der Waals surface area contributed by atoms with Gasteiger partial charge in [0.25, 0.3) is 0 Å². The second kappa shape index (κ2) is 5.27. The van der Waals surface area contributed by atoms with Crippen molar-refractivity contribution >= 4 is 11.6 Å². The summed E-state index contributed by atoms with van der Waals surface area (Å²) in [6.07, 6.45) is 9.56. The zero-order valence-electron chi connectivity index (χ0n) is 14.9. The maximum absolute atomic E-state index is 12.9. The zero-order chi connectivity index (χ0) is 17.9. The maximum Gasteiger partial charge on any atom is 0.237 e. The molecule has 1 aromatic carbocycles. The van der Waals surface area contributed by atoms with Crippen molar-refractivity contribution in [1.82, 2.24) is 14.5 Å². The normalized spacial score (nSPS) is 18.2. The summed E-state index contributed by atoms with van der Waals surface area (Å²) in [7, 11) is 0. The summed E-state index contributed by atoms with van der Waals surface area (Å²) in [5.41, 5.74) is 4.61. The Morgan fingerprint density at radius 3 is 2.77 bits per heavy atom. The Hall–Kier alpha value is -2.95. The minimum Gasteiger partial charge on any atom is -0.308 e. The van der Waals surface area contributed by atoms with Crippen LogP contribution >= 0.6 is 0 Å². The molecule has 1 aliphatic carbocycles. The van der Waals surface area contributed by atoms with Gasteiger partial charge in [0.15, 0.2) is 0 Å². The molecule has 2 aliphatic rings. The van der Waals surface area contributed by atoms with Crippen LogP contribution in [0.25, 0.3) is 16.9 Å². The standard InChI is InChI=1S/C21H20N4O/c1-21(2)17-8-5-14(10-19(17)25(20(21)26)15-6-7-15)18-12-24(13-23-18)16-4-3-9-22-11-16/h3-5,8-13,15H,6-7H2,1-2H3. The molecule has 0 bridgehead atoms. The van der Waals surface area contributed by atoms with Crippen LogP contribution in [0.2, 0.25) is 0 Å². The van der Waals surface area contributed by atoms with E-state index < -0.39 is 5.41 Å². The van der Waals surface area contributed by atoms with Gasteiger partial charge in [0.2, 0.25) is 5.91 Å². The first-order valence-electron chi connectivity index (χ1n) is 8.98. The van der Waals surface area contributed by atoms with Crippen LogP contribution in [-0.2, 0) is 10.2 Å². The molecule has 1 amide bonds. The number of nitrogens with zero attached hydrogens (tertiary/aromatic N) is 4. The quantitative estimate of drug-likeness (QED) is 0.727. The predicted molar refractivity (Wildman–Crippen MR) is 100 cm³/mol. The van der Waals surface area contributed by atoms with Crippen molar-refractivity contribution < 1.29 is 4.79 Å². The number of aromatic nitrogens is 3. The van der Waals surface area contributed by atoms with Crippen LogP contribution in [0.1, 0.15) is 32.3 Å². The molecule has 0 atom stereocenters. The highest BCUT2D eigenvalue weighted by Gasteiger charge is 2.48. The number of carbonyl (C=O) groups is 1. The first kappa shape index (κ1) is 15.3. The van der Waals surface area contributed by atoms with Crippen LogP contribution < -0.4 is 4.90 Å². The minimum absolute atomic E-state index is 0.216. The van der Waals surface area contributed by atoms with Gasteiger partial charge in [-0.3, -0.25) is 9.78 Å². The number of fused-ring (bicyclic) bond motifs is 1. The molecular weight excluding hydrogens is 324 g/mol. The van der Waals surface area contributed by atoms with Gasteiger partial charge in [-0.1, -0.05) is 12.1 Å². The third-order valence-electron chi connectivity index (χ3n) is 5.42. The summed E-state index contributed by atoms with van der Waals surface area (Å²) < 4.78 is 1.96. The number of hydrogen-bond donors (Lipinski definition) is 0. The van der Waals surface area contributed by atoms with E-state index in [0.29, 0.717) is 6.04 Å². The Balaban J connectivity index is 1.57. The fraction of sp³-hybridized carbons (Fsp3) is 0.286. The van der Waals surface area contributed by atoms with Crippen molar-refractivity contribution in [3.05, 3.63) is 60.8 Å². The Morgan fingerprint density at radius 1 is 1.19 bits per heavy atom. The number of anilines is 1. The van der Waals surface area contributed by atoms with E-state index in [1.54, 1.807) is 12.5 Å². The van der Waals surface area contributed by atoms with Crippen LogP contribution in [0.5, 0.6) is 0 Å². The molecule has 5 nitrogen and oxygen atoms in total. The van der Waals surface area contributed by atoms with Gasteiger partial charge in [0.05, 0.1) is 29.3 Å². The van der Waals surface area contributed by atoms with Crippen molar-refractivity contribution in [2.75, 3.05) is 4.90 Å². The van der Waals surface area contributed by atoms with Crippen molar-refractivity contribution in [1.29, 1.82) is 0 Å². The SMILES string of the molecule is CC1(C)C(=O)N(C2CC2)c2cc(-c3cn(-c4cccnc4)cn3)ccc21. The molecule has 1 fully saturated rings. The molecule has 5 rings (SSSR count). The Bertz CT molecular complexity index is 1000. The molecule has 1 aliphatic heterocycles. The molecule has 3 aromatic rings. The zero-order valence-corrected chi connectivity index (χ0v) is 14.9. The van der Waals surface area contributed by atoms with E-state index in [0.717, 1.165) is 41.0 Å². The largest absolute Gasteiger partial charge is 0.308 e. The van der Waals surface area contributed by atoms with Crippen molar-refractivity contribution in [2.24, 2.45) is 0 Å². The molecule has 3 heterocycles. The molecule has 130 valence electrons. The number of rotatable bonds is 3. The average Bonchev–Trinajstić information content (AvgIpc) is 3.31. The molecule has 0 spiro atoms. The van der Waals surface area contributed by atoms with Crippen LogP contribution in [-0.4, -0.2) is 26.5 Å². The highest BCUT2D eigenvalue weighted by Crippen LogP contribution is 2.47. The van der Waals surface area contributed by atoms with Gasteiger partial charge in [0, 0.05) is 29.7 Å². The molecule has 26 heavy (non-hydrogen) atoms. The fourth-order valence-electron chi connectivity index (χ4n) is 3.76. The number of amides is 1. The van der Waals surface area contributed by atoms with E-state index in [4.69, 9.17) is 0 Å². The number of imidazole rings is 1. The van der Waals surface area contributed by atoms with Crippen LogP contribution in [0.15, 0.2) is 55.2 Å². The summed E-state index contributed by atoms with van der Waals surface area (Å²) in [5.74, 6) is 0.216. The number of carbonyl (C=O) groups excluding carboxylic acids is 1. The van der Waals surface area contributed by atoms with E-state index in [-0.39, 0.29) is 5.91 Å². The van der Waals surface area contributed by atoms with E-state index >= 15 is 0 Å². The Kier molecular flexibility index (Phi) is 3.11. The molecular formula is C21H20N4O. The van der Waals surface area contributed by atoms with Gasteiger partial charge < -0.3 is 9.47 Å². The second-order valence-electron chi connectivity index (χ2n) is 7.64. The topological polar surface area (TPSA) is 51.0 Å².